The molecule has 0 radical (unpaired) electrons. The minimum absolute atomic E-state index is 0.133. The Morgan fingerprint density at radius 2 is 2.05 bits per heavy atom. The van der Waals surface area contributed by atoms with Crippen LogP contribution in [0, 0.1) is 11.8 Å². The van der Waals surface area contributed by atoms with E-state index in [-0.39, 0.29) is 5.91 Å². The second-order valence-corrected chi connectivity index (χ2v) is 6.44. The molecule has 5 nitrogen and oxygen atoms in total. The summed E-state index contributed by atoms with van der Waals surface area (Å²) in [6, 6.07) is 4.29. The van der Waals surface area contributed by atoms with Crippen molar-refractivity contribution in [3.8, 4) is 0 Å². The maximum absolute atomic E-state index is 12.5. The number of nitrogens with zero attached hydrogens (tertiary/aromatic N) is 3. The monoisotopic (exact) mass is 287 g/mol. The maximum Gasteiger partial charge on any atom is 0.255 e. The van der Waals surface area contributed by atoms with Gasteiger partial charge in [0, 0.05) is 51.2 Å². The lowest BCUT2D eigenvalue weighted by atomic mass is 10.0. The molecule has 1 amide bonds. The molecule has 0 bridgehead atoms. The van der Waals surface area contributed by atoms with Crippen molar-refractivity contribution in [1.82, 2.24) is 14.8 Å². The highest BCUT2D eigenvalue weighted by Crippen LogP contribution is 2.34. The molecule has 4 heterocycles. The van der Waals surface area contributed by atoms with E-state index in [9.17, 15) is 4.79 Å². The number of amides is 1. The van der Waals surface area contributed by atoms with Crippen LogP contribution in [0.5, 0.6) is 0 Å². The Hall–Kier alpha value is -1.46. The van der Waals surface area contributed by atoms with Crippen molar-refractivity contribution in [3.63, 3.8) is 0 Å². The van der Waals surface area contributed by atoms with Gasteiger partial charge in [-0.15, -0.1) is 0 Å². The molecule has 3 fully saturated rings. The quantitative estimate of drug-likeness (QED) is 0.810. The van der Waals surface area contributed by atoms with Crippen molar-refractivity contribution in [3.05, 3.63) is 30.1 Å². The molecule has 3 saturated heterocycles. The molecule has 3 atom stereocenters. The molecular weight excluding hydrogens is 266 g/mol. The van der Waals surface area contributed by atoms with Crippen LogP contribution in [0.15, 0.2) is 24.5 Å². The van der Waals surface area contributed by atoms with Crippen LogP contribution in [0.25, 0.3) is 0 Å². The molecule has 0 spiro atoms. The van der Waals surface area contributed by atoms with E-state index in [1.54, 1.807) is 12.4 Å². The van der Waals surface area contributed by atoms with Gasteiger partial charge in [0.2, 0.25) is 0 Å². The first-order valence-corrected chi connectivity index (χ1v) is 7.82. The van der Waals surface area contributed by atoms with Crippen LogP contribution in [0.2, 0.25) is 0 Å². The molecule has 1 aromatic rings. The number of hydrogen-bond donors (Lipinski definition) is 0. The Labute approximate surface area is 124 Å². The SMILES string of the molecule is O=C(c1cccnc1)N1C[C@@H]2CN([C@@H]3CCOC3)C[C@@H]2C1. The Kier molecular flexibility index (Phi) is 3.39. The summed E-state index contributed by atoms with van der Waals surface area (Å²) in [7, 11) is 0. The average molecular weight is 287 g/mol. The number of fused-ring (bicyclic) bond motifs is 1. The highest BCUT2D eigenvalue weighted by atomic mass is 16.5. The third-order valence-electron chi connectivity index (χ3n) is 5.13. The van der Waals surface area contributed by atoms with Crippen molar-refractivity contribution in [2.45, 2.75) is 12.5 Å². The number of ether oxygens (including phenoxy) is 1. The second kappa shape index (κ2) is 5.39. The third kappa shape index (κ3) is 2.45. The van der Waals surface area contributed by atoms with E-state index in [1.807, 2.05) is 17.0 Å². The van der Waals surface area contributed by atoms with Gasteiger partial charge in [-0.1, -0.05) is 0 Å². The molecule has 21 heavy (non-hydrogen) atoms. The fourth-order valence-corrected chi connectivity index (χ4v) is 3.98. The van der Waals surface area contributed by atoms with E-state index in [0.29, 0.717) is 23.4 Å². The van der Waals surface area contributed by atoms with Gasteiger partial charge in [0.15, 0.2) is 0 Å². The van der Waals surface area contributed by atoms with Crippen LogP contribution in [0.3, 0.4) is 0 Å². The van der Waals surface area contributed by atoms with E-state index < -0.39 is 0 Å². The first-order valence-electron chi connectivity index (χ1n) is 7.82. The number of pyridine rings is 1. The molecule has 0 unspecified atom stereocenters. The number of aromatic nitrogens is 1. The number of carbonyl (C=O) groups is 1. The lowest BCUT2D eigenvalue weighted by Crippen LogP contribution is -2.38. The molecule has 4 rings (SSSR count). The highest BCUT2D eigenvalue weighted by molar-refractivity contribution is 5.94. The molecule has 1 aromatic heterocycles. The largest absolute Gasteiger partial charge is 0.380 e. The zero-order valence-corrected chi connectivity index (χ0v) is 12.1. The van der Waals surface area contributed by atoms with Crippen LogP contribution < -0.4 is 0 Å². The molecular formula is C16H21N3O2. The van der Waals surface area contributed by atoms with E-state index in [0.717, 1.165) is 45.8 Å². The Morgan fingerprint density at radius 3 is 2.67 bits per heavy atom. The normalized spacial score (nSPS) is 32.6. The Bertz CT molecular complexity index is 502. The molecule has 5 heteroatoms. The zero-order chi connectivity index (χ0) is 14.2. The lowest BCUT2D eigenvalue weighted by Gasteiger charge is -2.25. The topological polar surface area (TPSA) is 45.7 Å². The highest BCUT2D eigenvalue weighted by Gasteiger charge is 2.43. The van der Waals surface area contributed by atoms with Gasteiger partial charge < -0.3 is 9.64 Å². The van der Waals surface area contributed by atoms with Crippen LogP contribution in [-0.4, -0.2) is 66.1 Å². The summed E-state index contributed by atoms with van der Waals surface area (Å²) in [6.07, 6.45) is 4.54. The lowest BCUT2D eigenvalue weighted by molar-refractivity contribution is 0.0766. The summed E-state index contributed by atoms with van der Waals surface area (Å²) in [5, 5.41) is 0. The summed E-state index contributed by atoms with van der Waals surface area (Å²) < 4.78 is 5.50. The van der Waals surface area contributed by atoms with E-state index in [4.69, 9.17) is 4.74 Å². The summed E-state index contributed by atoms with van der Waals surface area (Å²) >= 11 is 0. The van der Waals surface area contributed by atoms with Gasteiger partial charge >= 0.3 is 0 Å². The number of likely N-dealkylation sites (tertiary alicyclic amines) is 2. The zero-order valence-electron chi connectivity index (χ0n) is 12.1. The van der Waals surface area contributed by atoms with Crippen LogP contribution >= 0.6 is 0 Å². The number of rotatable bonds is 2. The second-order valence-electron chi connectivity index (χ2n) is 6.44. The van der Waals surface area contributed by atoms with Crippen LogP contribution in [0.4, 0.5) is 0 Å². The summed E-state index contributed by atoms with van der Waals surface area (Å²) in [4.78, 5) is 21.1. The molecule has 0 saturated carbocycles. The summed E-state index contributed by atoms with van der Waals surface area (Å²) in [6.45, 7) is 5.82. The predicted octanol–water partition coefficient (Wildman–Crippen LogP) is 0.874. The first-order chi connectivity index (χ1) is 10.3. The van der Waals surface area contributed by atoms with E-state index in [2.05, 4.69) is 9.88 Å². The van der Waals surface area contributed by atoms with Crippen molar-refractivity contribution in [1.29, 1.82) is 0 Å². The molecule has 3 aliphatic heterocycles. The molecule has 112 valence electrons. The summed E-state index contributed by atoms with van der Waals surface area (Å²) in [5.41, 5.74) is 0.707. The fraction of sp³-hybridized carbons (Fsp3) is 0.625. The number of carbonyl (C=O) groups excluding carboxylic acids is 1. The van der Waals surface area contributed by atoms with Crippen molar-refractivity contribution >= 4 is 5.91 Å². The minimum atomic E-state index is 0.133. The van der Waals surface area contributed by atoms with Gasteiger partial charge in [-0.25, -0.2) is 0 Å². The molecule has 0 N–H and O–H groups in total. The van der Waals surface area contributed by atoms with Gasteiger partial charge in [0.25, 0.3) is 5.91 Å². The van der Waals surface area contributed by atoms with Crippen LogP contribution in [-0.2, 0) is 4.74 Å². The molecule has 0 aliphatic carbocycles. The van der Waals surface area contributed by atoms with E-state index >= 15 is 0 Å². The fourth-order valence-electron chi connectivity index (χ4n) is 3.98. The third-order valence-corrected chi connectivity index (χ3v) is 5.13. The Balaban J connectivity index is 1.38. The number of hydrogen-bond acceptors (Lipinski definition) is 4. The minimum Gasteiger partial charge on any atom is -0.380 e. The van der Waals surface area contributed by atoms with Gasteiger partial charge in [-0.2, -0.15) is 0 Å². The average Bonchev–Trinajstić information content (AvgIpc) is 3.22. The first kappa shape index (κ1) is 13.2. The van der Waals surface area contributed by atoms with Crippen molar-refractivity contribution in [2.24, 2.45) is 11.8 Å². The van der Waals surface area contributed by atoms with E-state index in [1.165, 1.54) is 0 Å². The summed E-state index contributed by atoms with van der Waals surface area (Å²) in [5.74, 6) is 1.39. The van der Waals surface area contributed by atoms with Crippen molar-refractivity contribution in [2.75, 3.05) is 39.4 Å². The van der Waals surface area contributed by atoms with Crippen LogP contribution in [0.1, 0.15) is 16.8 Å². The maximum atomic E-state index is 12.5. The Morgan fingerprint density at radius 1 is 1.24 bits per heavy atom. The van der Waals surface area contributed by atoms with Gasteiger partial charge in [0.1, 0.15) is 0 Å². The molecule has 3 aliphatic rings. The van der Waals surface area contributed by atoms with Gasteiger partial charge in [-0.05, 0) is 30.4 Å². The molecule has 0 aromatic carbocycles. The predicted molar refractivity (Wildman–Crippen MR) is 77.9 cm³/mol. The van der Waals surface area contributed by atoms with Crippen molar-refractivity contribution < 1.29 is 9.53 Å². The van der Waals surface area contributed by atoms with Gasteiger partial charge in [0.05, 0.1) is 12.2 Å². The smallest absolute Gasteiger partial charge is 0.255 e. The van der Waals surface area contributed by atoms with Gasteiger partial charge in [-0.3, -0.25) is 14.7 Å². The standard InChI is InChI=1S/C16H21N3O2/c20-16(12-2-1-4-17-6-12)19-9-13-7-18(8-14(13)10-19)15-3-5-21-11-15/h1-2,4,6,13-15H,3,5,7-11H2/t13-,14+,15-/m1/s1.